The topological polar surface area (TPSA) is 80.0 Å². The lowest BCUT2D eigenvalue weighted by atomic mass is 10.1. The number of nitrogens with zero attached hydrogens (tertiary/aromatic N) is 1. The number of hydrogen-bond acceptors (Lipinski definition) is 4. The molecule has 0 aromatic carbocycles. The summed E-state index contributed by atoms with van der Waals surface area (Å²) in [5.41, 5.74) is 0.417. The fourth-order valence-corrected chi connectivity index (χ4v) is 2.05. The third kappa shape index (κ3) is 2.24. The van der Waals surface area contributed by atoms with Gasteiger partial charge < -0.3 is 19.2 Å². The Kier molecular flexibility index (Phi) is 3.38. The molecule has 1 saturated heterocycles. The molecule has 1 aliphatic heterocycles. The van der Waals surface area contributed by atoms with Crippen LogP contribution in [-0.4, -0.2) is 47.7 Å². The molecule has 1 aliphatic rings. The van der Waals surface area contributed by atoms with E-state index in [0.29, 0.717) is 23.7 Å². The van der Waals surface area contributed by atoms with Crippen molar-refractivity contribution in [2.24, 2.45) is 0 Å². The minimum Gasteiger partial charge on any atom is -0.480 e. The summed E-state index contributed by atoms with van der Waals surface area (Å²) in [6, 6.07) is 0.701. The minimum absolute atomic E-state index is 0.0248. The maximum absolute atomic E-state index is 12.3. The zero-order valence-electron chi connectivity index (χ0n) is 10.3. The van der Waals surface area contributed by atoms with Crippen LogP contribution in [0.15, 0.2) is 10.5 Å². The Balaban J connectivity index is 2.26. The van der Waals surface area contributed by atoms with Gasteiger partial charge in [0.05, 0.1) is 18.8 Å². The largest absolute Gasteiger partial charge is 0.480 e. The molecule has 0 bridgehead atoms. The molecule has 18 heavy (non-hydrogen) atoms. The number of carboxylic acid groups (broad SMARTS) is 1. The van der Waals surface area contributed by atoms with E-state index in [4.69, 9.17) is 14.3 Å². The summed E-state index contributed by atoms with van der Waals surface area (Å²) < 4.78 is 10.4. The maximum Gasteiger partial charge on any atom is 0.328 e. The number of morpholine rings is 1. The van der Waals surface area contributed by atoms with Crippen LogP contribution in [0.5, 0.6) is 0 Å². The zero-order valence-corrected chi connectivity index (χ0v) is 10.3. The van der Waals surface area contributed by atoms with Gasteiger partial charge in [-0.25, -0.2) is 4.79 Å². The van der Waals surface area contributed by atoms with Crippen molar-refractivity contribution in [3.05, 3.63) is 23.2 Å². The number of aryl methyl sites for hydroxylation is 2. The van der Waals surface area contributed by atoms with Gasteiger partial charge >= 0.3 is 5.97 Å². The van der Waals surface area contributed by atoms with Gasteiger partial charge in [-0.1, -0.05) is 0 Å². The molecule has 2 rings (SSSR count). The molecule has 1 atom stereocenters. The molecule has 0 aliphatic carbocycles. The van der Waals surface area contributed by atoms with Crippen molar-refractivity contribution in [2.45, 2.75) is 19.9 Å². The Morgan fingerprint density at radius 3 is 2.72 bits per heavy atom. The summed E-state index contributed by atoms with van der Waals surface area (Å²) >= 11 is 0. The predicted molar refractivity (Wildman–Crippen MR) is 61.5 cm³/mol. The van der Waals surface area contributed by atoms with E-state index in [1.807, 2.05) is 0 Å². The Bertz CT molecular complexity index is 479. The second-order valence-electron chi connectivity index (χ2n) is 4.25. The molecule has 98 valence electrons. The molecule has 1 amide bonds. The van der Waals surface area contributed by atoms with Crippen molar-refractivity contribution in [3.8, 4) is 0 Å². The van der Waals surface area contributed by atoms with Crippen LogP contribution >= 0.6 is 0 Å². The van der Waals surface area contributed by atoms with Gasteiger partial charge in [0, 0.05) is 6.54 Å². The number of amides is 1. The van der Waals surface area contributed by atoms with E-state index in [2.05, 4.69) is 0 Å². The fraction of sp³-hybridized carbons (Fsp3) is 0.500. The van der Waals surface area contributed by atoms with Crippen LogP contribution in [0.1, 0.15) is 21.9 Å². The smallest absolute Gasteiger partial charge is 0.328 e. The van der Waals surface area contributed by atoms with E-state index in [-0.39, 0.29) is 19.1 Å². The highest BCUT2D eigenvalue weighted by atomic mass is 16.5. The van der Waals surface area contributed by atoms with Crippen molar-refractivity contribution >= 4 is 11.9 Å². The molecule has 1 N–H and O–H groups in total. The first kappa shape index (κ1) is 12.6. The highest BCUT2D eigenvalue weighted by Crippen LogP contribution is 2.19. The molecule has 1 aromatic rings. The molecule has 0 spiro atoms. The van der Waals surface area contributed by atoms with E-state index in [0.717, 1.165) is 0 Å². The number of ether oxygens (including phenoxy) is 1. The Morgan fingerprint density at radius 2 is 2.17 bits per heavy atom. The fourth-order valence-electron chi connectivity index (χ4n) is 2.05. The van der Waals surface area contributed by atoms with Crippen LogP contribution in [0.3, 0.4) is 0 Å². The quantitative estimate of drug-likeness (QED) is 0.844. The van der Waals surface area contributed by atoms with Crippen molar-refractivity contribution in [2.75, 3.05) is 19.8 Å². The average molecular weight is 253 g/mol. The average Bonchev–Trinajstić information content (AvgIpc) is 2.67. The normalized spacial score (nSPS) is 19.9. The molecule has 1 fully saturated rings. The first-order valence-electron chi connectivity index (χ1n) is 5.69. The molecular formula is C12H15NO5. The minimum atomic E-state index is -1.05. The van der Waals surface area contributed by atoms with Crippen molar-refractivity contribution in [3.63, 3.8) is 0 Å². The lowest BCUT2D eigenvalue weighted by molar-refractivity contribution is -0.147. The molecule has 2 heterocycles. The van der Waals surface area contributed by atoms with Crippen molar-refractivity contribution in [1.29, 1.82) is 0 Å². The number of hydrogen-bond donors (Lipinski definition) is 1. The van der Waals surface area contributed by atoms with E-state index >= 15 is 0 Å². The van der Waals surface area contributed by atoms with Crippen LogP contribution in [0, 0.1) is 13.8 Å². The molecule has 0 saturated carbocycles. The standard InChI is InChI=1S/C12H15NO5/c1-7-5-9(8(2)18-7)11(14)13-3-4-17-6-10(13)12(15)16/h5,10H,3-4,6H2,1-2H3,(H,15,16). The molecule has 6 heteroatoms. The van der Waals surface area contributed by atoms with Crippen molar-refractivity contribution < 1.29 is 23.8 Å². The highest BCUT2D eigenvalue weighted by Gasteiger charge is 2.34. The summed E-state index contributed by atoms with van der Waals surface area (Å²) in [7, 11) is 0. The van der Waals surface area contributed by atoms with E-state index in [9.17, 15) is 9.59 Å². The first-order valence-corrected chi connectivity index (χ1v) is 5.69. The number of rotatable bonds is 2. The summed E-state index contributed by atoms with van der Waals surface area (Å²) in [5.74, 6) is -0.231. The van der Waals surface area contributed by atoms with Gasteiger partial charge in [0.1, 0.15) is 11.5 Å². The zero-order chi connectivity index (χ0) is 13.3. The van der Waals surface area contributed by atoms with E-state index < -0.39 is 12.0 Å². The Morgan fingerprint density at radius 1 is 1.44 bits per heavy atom. The maximum atomic E-state index is 12.3. The Labute approximate surface area is 104 Å². The summed E-state index contributed by atoms with van der Waals surface area (Å²) in [6.45, 7) is 4.09. The third-order valence-electron chi connectivity index (χ3n) is 2.95. The van der Waals surface area contributed by atoms with Crippen LogP contribution < -0.4 is 0 Å². The van der Waals surface area contributed by atoms with Crippen LogP contribution in [0.25, 0.3) is 0 Å². The predicted octanol–water partition coefficient (Wildman–Crippen LogP) is 0.822. The van der Waals surface area contributed by atoms with E-state index in [1.165, 1.54) is 4.90 Å². The molecular weight excluding hydrogens is 238 g/mol. The van der Waals surface area contributed by atoms with Crippen LogP contribution in [0.2, 0.25) is 0 Å². The van der Waals surface area contributed by atoms with Gasteiger partial charge in [-0.3, -0.25) is 4.79 Å². The van der Waals surface area contributed by atoms with Gasteiger partial charge in [-0.05, 0) is 19.9 Å². The van der Waals surface area contributed by atoms with Crippen LogP contribution in [-0.2, 0) is 9.53 Å². The highest BCUT2D eigenvalue weighted by molar-refractivity contribution is 5.97. The van der Waals surface area contributed by atoms with Crippen molar-refractivity contribution in [1.82, 2.24) is 4.90 Å². The number of furan rings is 1. The summed E-state index contributed by atoms with van der Waals surface area (Å²) in [6.07, 6.45) is 0. The van der Waals surface area contributed by atoms with Crippen LogP contribution in [0.4, 0.5) is 0 Å². The van der Waals surface area contributed by atoms with Gasteiger partial charge in [-0.2, -0.15) is 0 Å². The second-order valence-corrected chi connectivity index (χ2v) is 4.25. The molecule has 6 nitrogen and oxygen atoms in total. The Hall–Kier alpha value is -1.82. The second kappa shape index (κ2) is 4.81. The van der Waals surface area contributed by atoms with Gasteiger partial charge in [-0.15, -0.1) is 0 Å². The summed E-state index contributed by atoms with van der Waals surface area (Å²) in [4.78, 5) is 24.7. The number of carbonyl (C=O) groups excluding carboxylic acids is 1. The molecule has 1 unspecified atom stereocenters. The molecule has 1 aromatic heterocycles. The number of carboxylic acids is 1. The monoisotopic (exact) mass is 253 g/mol. The third-order valence-corrected chi connectivity index (χ3v) is 2.95. The SMILES string of the molecule is Cc1cc(C(=O)N2CCOCC2C(=O)O)c(C)o1. The molecule has 0 radical (unpaired) electrons. The van der Waals surface area contributed by atoms with Gasteiger partial charge in [0.25, 0.3) is 5.91 Å². The lowest BCUT2D eigenvalue weighted by Gasteiger charge is -2.32. The van der Waals surface area contributed by atoms with Gasteiger partial charge in [0.15, 0.2) is 6.04 Å². The number of carbonyl (C=O) groups is 2. The van der Waals surface area contributed by atoms with E-state index in [1.54, 1.807) is 19.9 Å². The number of aliphatic carboxylic acids is 1. The summed E-state index contributed by atoms with van der Waals surface area (Å²) in [5, 5.41) is 9.08. The van der Waals surface area contributed by atoms with Gasteiger partial charge in [0.2, 0.25) is 0 Å². The first-order chi connectivity index (χ1) is 8.50. The lowest BCUT2D eigenvalue weighted by Crippen LogP contribution is -2.52.